The Morgan fingerprint density at radius 2 is 1.67 bits per heavy atom. The molecule has 2 aromatic rings. The molecule has 1 unspecified atom stereocenters. The van der Waals surface area contributed by atoms with E-state index in [1.54, 1.807) is 38.4 Å². The van der Waals surface area contributed by atoms with E-state index in [-0.39, 0.29) is 17.5 Å². The number of nitrogens with zero attached hydrogens (tertiary/aromatic N) is 4. The van der Waals surface area contributed by atoms with Gasteiger partial charge in [-0.25, -0.2) is 14.8 Å². The average Bonchev–Trinajstić information content (AvgIpc) is 3.57. The van der Waals surface area contributed by atoms with E-state index in [9.17, 15) is 19.2 Å². The summed E-state index contributed by atoms with van der Waals surface area (Å²) in [6.07, 6.45) is 4.74. The Hall–Kier alpha value is -3.34. The molecular formula is C35H52N4O7. The third kappa shape index (κ3) is 6.57. The van der Waals surface area contributed by atoms with Gasteiger partial charge in [0.2, 0.25) is 0 Å². The third-order valence-corrected chi connectivity index (χ3v) is 10.9. The van der Waals surface area contributed by atoms with Crippen molar-refractivity contribution in [3.8, 4) is 0 Å². The predicted octanol–water partition coefficient (Wildman–Crippen LogP) is 5.63. The highest BCUT2D eigenvalue weighted by atomic mass is 16.6. The van der Waals surface area contributed by atoms with Crippen LogP contribution in [0.2, 0.25) is 0 Å². The van der Waals surface area contributed by atoms with Crippen LogP contribution in [0.3, 0.4) is 0 Å². The van der Waals surface area contributed by atoms with Crippen molar-refractivity contribution < 1.29 is 33.4 Å². The summed E-state index contributed by atoms with van der Waals surface area (Å²) in [7, 11) is 1.60. The van der Waals surface area contributed by atoms with Crippen LogP contribution in [0.25, 0.3) is 11.2 Å². The second kappa shape index (κ2) is 14.2. The number of hydrogen-bond acceptors (Lipinski definition) is 9. The number of aromatic nitrogens is 3. The maximum absolute atomic E-state index is 14.3. The molecule has 0 N–H and O–H groups in total. The Morgan fingerprint density at radius 1 is 0.978 bits per heavy atom. The zero-order chi connectivity index (χ0) is 34.0. The molecule has 1 amide bonds. The number of pyridine rings is 1. The van der Waals surface area contributed by atoms with E-state index in [0.29, 0.717) is 38.8 Å². The number of amides is 1. The Labute approximate surface area is 272 Å². The minimum absolute atomic E-state index is 0.0306. The number of unbranched alkanes of at least 4 members (excludes halogenated alkanes) is 1. The molecule has 0 spiro atoms. The average molecular weight is 641 g/mol. The number of ketones is 2. The number of imidazole rings is 1. The summed E-state index contributed by atoms with van der Waals surface area (Å²) in [5.74, 6) is -3.68. The number of Topliss-reactive ketones (excluding diaryl/α,β-unsaturated/α-hetero) is 2. The van der Waals surface area contributed by atoms with Gasteiger partial charge in [-0.3, -0.25) is 14.4 Å². The van der Waals surface area contributed by atoms with Crippen molar-refractivity contribution in [2.75, 3.05) is 13.7 Å². The zero-order valence-electron chi connectivity index (χ0n) is 28.9. The first-order chi connectivity index (χ1) is 21.7. The van der Waals surface area contributed by atoms with Gasteiger partial charge in [0.1, 0.15) is 29.1 Å². The van der Waals surface area contributed by atoms with E-state index in [1.165, 1.54) is 0 Å². The molecule has 2 aromatic heterocycles. The highest BCUT2D eigenvalue weighted by molar-refractivity contribution is 6.00. The maximum atomic E-state index is 14.3. The number of hydrogen-bond donors (Lipinski definition) is 0. The van der Waals surface area contributed by atoms with Crippen LogP contribution in [0.15, 0.2) is 24.7 Å². The number of fused-ring (bicyclic) bond motifs is 2. The molecule has 0 radical (unpaired) electrons. The number of rotatable bonds is 8. The van der Waals surface area contributed by atoms with Crippen LogP contribution in [0, 0.1) is 29.6 Å². The Bertz CT molecular complexity index is 1430. The monoisotopic (exact) mass is 640 g/mol. The van der Waals surface area contributed by atoms with E-state index in [2.05, 4.69) is 9.97 Å². The molecule has 0 bridgehead atoms. The van der Waals surface area contributed by atoms with Crippen molar-refractivity contribution in [3.05, 3.63) is 24.7 Å². The molecule has 9 atom stereocenters. The van der Waals surface area contributed by atoms with Crippen molar-refractivity contribution >= 4 is 34.8 Å². The van der Waals surface area contributed by atoms with Crippen LogP contribution in [0.4, 0.5) is 4.79 Å². The molecule has 0 aliphatic carbocycles. The quantitative estimate of drug-likeness (QED) is 0.205. The lowest BCUT2D eigenvalue weighted by Gasteiger charge is -2.43. The van der Waals surface area contributed by atoms with E-state index < -0.39 is 59.1 Å². The molecule has 2 saturated heterocycles. The largest absolute Gasteiger partial charge is 0.458 e. The Balaban J connectivity index is 1.66. The number of carbonyl (C=O) groups excluding carboxylic acids is 4. The summed E-state index contributed by atoms with van der Waals surface area (Å²) in [6.45, 7) is 15.8. The van der Waals surface area contributed by atoms with Gasteiger partial charge >= 0.3 is 12.1 Å². The summed E-state index contributed by atoms with van der Waals surface area (Å²) in [4.78, 5) is 65.7. The molecule has 2 aliphatic heterocycles. The smallest absolute Gasteiger partial charge is 0.410 e. The summed E-state index contributed by atoms with van der Waals surface area (Å²) in [6, 6.07) is 3.08. The van der Waals surface area contributed by atoms with Gasteiger partial charge in [0.05, 0.1) is 18.0 Å². The maximum Gasteiger partial charge on any atom is 0.410 e. The van der Waals surface area contributed by atoms with E-state index >= 15 is 0 Å². The SMILES string of the molecule is CC[C@H]1C(=O)[C@@H](C)C(=O)O[C@H](CC)[C@@]2(C)OC(=O)N(CCCCn3cnc4cccnc43)[C@@H]2[C@@H](C)C(=O)[C@H](C)C[C@@](C)(OC)C1C. The Kier molecular flexibility index (Phi) is 11.0. The van der Waals surface area contributed by atoms with Crippen molar-refractivity contribution in [1.82, 2.24) is 19.4 Å². The normalized spacial score (nSPS) is 34.7. The lowest BCUT2D eigenvalue weighted by Crippen LogP contribution is -2.58. The van der Waals surface area contributed by atoms with Gasteiger partial charge < -0.3 is 23.7 Å². The van der Waals surface area contributed by atoms with Crippen LogP contribution in [0.5, 0.6) is 0 Å². The highest BCUT2D eigenvalue weighted by Crippen LogP contribution is 2.43. The van der Waals surface area contributed by atoms with Gasteiger partial charge in [0, 0.05) is 44.1 Å². The fourth-order valence-electron chi connectivity index (χ4n) is 7.89. The van der Waals surface area contributed by atoms with Crippen LogP contribution < -0.4 is 0 Å². The van der Waals surface area contributed by atoms with Crippen molar-refractivity contribution in [2.24, 2.45) is 29.6 Å². The van der Waals surface area contributed by atoms with Crippen molar-refractivity contribution in [1.29, 1.82) is 0 Å². The standard InChI is InChI=1S/C35H52N4O7/c1-10-25-24(6)34(7,44-9)19-21(3)28(40)22(4)30-35(8,27(11-2)45-32(42)23(5)29(25)41)46-33(43)39(30)18-13-12-17-38-20-37-26-15-14-16-36-31(26)38/h14-16,20-25,27,30H,10-13,17-19H2,1-9H3/t21-,22+,23-,24?,25-,27-,30-,34-,35-/m1/s1. The van der Waals surface area contributed by atoms with Crippen LogP contribution in [-0.2, 0) is 35.1 Å². The van der Waals surface area contributed by atoms with Crippen molar-refractivity contribution in [2.45, 2.75) is 117 Å². The van der Waals surface area contributed by atoms with Crippen LogP contribution in [-0.4, -0.2) is 80.1 Å². The molecule has 2 fully saturated rings. The third-order valence-electron chi connectivity index (χ3n) is 10.9. The molecular weight excluding hydrogens is 588 g/mol. The fourth-order valence-corrected chi connectivity index (χ4v) is 7.89. The minimum atomic E-state index is -1.31. The fraction of sp³-hybridized carbons (Fsp3) is 0.714. The van der Waals surface area contributed by atoms with Gasteiger partial charge in [0.15, 0.2) is 11.2 Å². The summed E-state index contributed by atoms with van der Waals surface area (Å²) < 4.78 is 20.2. The summed E-state index contributed by atoms with van der Waals surface area (Å²) in [5.41, 5.74) is -0.488. The second-order valence-corrected chi connectivity index (χ2v) is 13.8. The van der Waals surface area contributed by atoms with Gasteiger partial charge in [-0.15, -0.1) is 0 Å². The van der Waals surface area contributed by atoms with Crippen LogP contribution >= 0.6 is 0 Å². The highest BCUT2D eigenvalue weighted by Gasteiger charge is 2.60. The number of methoxy groups -OCH3 is 1. The van der Waals surface area contributed by atoms with Gasteiger partial charge in [-0.1, -0.05) is 34.6 Å². The van der Waals surface area contributed by atoms with Crippen molar-refractivity contribution in [3.63, 3.8) is 0 Å². The molecule has 0 aromatic carbocycles. The Morgan fingerprint density at radius 3 is 2.33 bits per heavy atom. The second-order valence-electron chi connectivity index (χ2n) is 13.8. The van der Waals surface area contributed by atoms with Crippen LogP contribution in [0.1, 0.15) is 87.5 Å². The van der Waals surface area contributed by atoms with E-state index in [0.717, 1.165) is 17.6 Å². The molecule has 2 aliphatic rings. The molecule has 11 nitrogen and oxygen atoms in total. The number of ether oxygens (including phenoxy) is 3. The van der Waals surface area contributed by atoms with E-state index in [1.807, 2.05) is 58.2 Å². The van der Waals surface area contributed by atoms with Gasteiger partial charge in [-0.2, -0.15) is 0 Å². The molecule has 46 heavy (non-hydrogen) atoms. The first-order valence-corrected chi connectivity index (χ1v) is 16.8. The number of esters is 1. The first-order valence-electron chi connectivity index (χ1n) is 16.8. The summed E-state index contributed by atoms with van der Waals surface area (Å²) in [5, 5.41) is 0. The molecule has 0 saturated carbocycles. The number of aryl methyl sites for hydroxylation is 1. The number of carbonyl (C=O) groups is 4. The zero-order valence-corrected chi connectivity index (χ0v) is 28.9. The minimum Gasteiger partial charge on any atom is -0.458 e. The lowest BCUT2D eigenvalue weighted by atomic mass is 9.69. The lowest BCUT2D eigenvalue weighted by molar-refractivity contribution is -0.172. The summed E-state index contributed by atoms with van der Waals surface area (Å²) >= 11 is 0. The first kappa shape index (κ1) is 35.5. The predicted molar refractivity (Wildman–Crippen MR) is 173 cm³/mol. The molecule has 4 rings (SSSR count). The molecule has 254 valence electrons. The number of cyclic esters (lactones) is 1. The topological polar surface area (TPSA) is 130 Å². The van der Waals surface area contributed by atoms with Gasteiger partial charge in [-0.05, 0) is 70.9 Å². The molecule has 11 heteroatoms. The van der Waals surface area contributed by atoms with Gasteiger partial charge in [0.25, 0.3) is 0 Å². The van der Waals surface area contributed by atoms with E-state index in [4.69, 9.17) is 14.2 Å². The molecule has 4 heterocycles.